The van der Waals surface area contributed by atoms with E-state index in [1.807, 2.05) is 6.08 Å². The van der Waals surface area contributed by atoms with Crippen molar-refractivity contribution in [2.24, 2.45) is 28.6 Å². The maximum Gasteiger partial charge on any atom is 0.155 e. The first kappa shape index (κ1) is 16.5. The number of hydrogen-bond donors (Lipinski definition) is 1. The predicted molar refractivity (Wildman–Crippen MR) is 95.8 cm³/mol. The molecule has 5 rings (SSSR count). The minimum absolute atomic E-state index is 0.0679. The van der Waals surface area contributed by atoms with Crippen LogP contribution in [0.3, 0.4) is 0 Å². The largest absolute Gasteiger partial charge is 0.368 e. The highest BCUT2D eigenvalue weighted by Crippen LogP contribution is 2.69. The fourth-order valence-electron chi connectivity index (χ4n) is 7.99. The molecule has 1 saturated heterocycles. The average molecular weight is 344 g/mol. The zero-order valence-electron chi connectivity index (χ0n) is 15.7. The molecule has 4 fully saturated rings. The molecule has 1 N–H and O–H groups in total. The quantitative estimate of drug-likeness (QED) is 0.709. The number of ether oxygens (including phenoxy) is 1. The van der Waals surface area contributed by atoms with Crippen LogP contribution in [-0.2, 0) is 9.53 Å². The molecule has 0 radical (unpaired) electrons. The summed E-state index contributed by atoms with van der Waals surface area (Å²) in [6.45, 7) is 4.92. The van der Waals surface area contributed by atoms with Crippen LogP contribution in [0, 0.1) is 28.6 Å². The summed E-state index contributed by atoms with van der Waals surface area (Å²) in [7, 11) is 0. The van der Waals surface area contributed by atoms with Gasteiger partial charge in [0.2, 0.25) is 0 Å². The van der Waals surface area contributed by atoms with E-state index in [9.17, 15) is 9.90 Å². The van der Waals surface area contributed by atoms with Gasteiger partial charge in [-0.25, -0.2) is 0 Å². The van der Waals surface area contributed by atoms with E-state index in [1.165, 1.54) is 31.3 Å². The molecule has 138 valence electrons. The maximum absolute atomic E-state index is 11.9. The van der Waals surface area contributed by atoms with Gasteiger partial charge < -0.3 is 9.84 Å². The van der Waals surface area contributed by atoms with Gasteiger partial charge in [0.15, 0.2) is 12.1 Å². The fraction of sp³-hybridized carbons (Fsp3) is 0.864. The van der Waals surface area contributed by atoms with Crippen LogP contribution in [-0.4, -0.2) is 22.8 Å². The Labute approximate surface area is 151 Å². The summed E-state index contributed by atoms with van der Waals surface area (Å²) in [6, 6.07) is 0. The first-order valence-corrected chi connectivity index (χ1v) is 10.5. The molecule has 25 heavy (non-hydrogen) atoms. The molecular weight excluding hydrogens is 312 g/mol. The van der Waals surface area contributed by atoms with Crippen LogP contribution in [0.15, 0.2) is 11.6 Å². The molecule has 0 bridgehead atoms. The number of rotatable bonds is 0. The Morgan fingerprint density at radius 3 is 2.52 bits per heavy atom. The van der Waals surface area contributed by atoms with Crippen molar-refractivity contribution in [1.29, 1.82) is 0 Å². The van der Waals surface area contributed by atoms with Crippen LogP contribution in [0.5, 0.6) is 0 Å². The normalized spacial score (nSPS) is 54.8. The van der Waals surface area contributed by atoms with E-state index in [0.717, 1.165) is 56.3 Å². The van der Waals surface area contributed by atoms with Gasteiger partial charge in [-0.3, -0.25) is 4.79 Å². The molecule has 1 heterocycles. The third-order valence-electron chi connectivity index (χ3n) is 9.41. The van der Waals surface area contributed by atoms with Gasteiger partial charge in [0.1, 0.15) is 0 Å². The number of aliphatic hydroxyl groups excluding tert-OH is 1. The lowest BCUT2D eigenvalue weighted by Crippen LogP contribution is -2.54. The third-order valence-corrected chi connectivity index (χ3v) is 9.41. The van der Waals surface area contributed by atoms with Gasteiger partial charge in [0.05, 0.1) is 5.60 Å². The molecular formula is C22H32O3. The molecule has 0 aromatic heterocycles. The number of carbonyl (C=O) groups excluding carboxylic acids is 1. The molecule has 3 nitrogen and oxygen atoms in total. The topological polar surface area (TPSA) is 46.5 Å². The maximum atomic E-state index is 11.9. The highest BCUT2D eigenvalue weighted by atomic mass is 16.6. The van der Waals surface area contributed by atoms with Gasteiger partial charge in [-0.2, -0.15) is 0 Å². The zero-order chi connectivity index (χ0) is 17.4. The predicted octanol–water partition coefficient (Wildman–Crippen LogP) is 4.39. The molecule has 3 saturated carbocycles. The van der Waals surface area contributed by atoms with Crippen molar-refractivity contribution in [2.75, 3.05) is 0 Å². The number of aliphatic hydroxyl groups is 1. The smallest absolute Gasteiger partial charge is 0.155 e. The summed E-state index contributed by atoms with van der Waals surface area (Å²) in [5.41, 5.74) is 1.87. The number of ketones is 1. The second-order valence-electron chi connectivity index (χ2n) is 10.1. The number of carbonyl (C=O) groups is 1. The number of fused-ring (bicyclic) bond motifs is 6. The Balaban J connectivity index is 1.48. The van der Waals surface area contributed by atoms with Gasteiger partial charge >= 0.3 is 0 Å². The van der Waals surface area contributed by atoms with Crippen molar-refractivity contribution < 1.29 is 14.6 Å². The molecule has 7 atom stereocenters. The van der Waals surface area contributed by atoms with E-state index in [4.69, 9.17) is 4.74 Å². The van der Waals surface area contributed by atoms with Gasteiger partial charge in [0.25, 0.3) is 0 Å². The Kier molecular flexibility index (Phi) is 3.43. The third kappa shape index (κ3) is 2.03. The lowest BCUT2D eigenvalue weighted by atomic mass is 9.46. The van der Waals surface area contributed by atoms with Crippen LogP contribution in [0.25, 0.3) is 0 Å². The van der Waals surface area contributed by atoms with Gasteiger partial charge in [-0.15, -0.1) is 0 Å². The van der Waals surface area contributed by atoms with Crippen molar-refractivity contribution in [1.82, 2.24) is 0 Å². The zero-order valence-corrected chi connectivity index (χ0v) is 15.7. The monoisotopic (exact) mass is 344 g/mol. The minimum Gasteiger partial charge on any atom is -0.368 e. The van der Waals surface area contributed by atoms with Crippen molar-refractivity contribution in [3.63, 3.8) is 0 Å². The summed E-state index contributed by atoms with van der Waals surface area (Å²) < 4.78 is 6.21. The van der Waals surface area contributed by atoms with Crippen LogP contribution in [0.2, 0.25) is 0 Å². The first-order valence-electron chi connectivity index (χ1n) is 10.5. The molecule has 0 amide bonds. The highest BCUT2D eigenvalue weighted by Gasteiger charge is 2.66. The molecule has 1 aliphatic heterocycles. The summed E-state index contributed by atoms with van der Waals surface area (Å²) >= 11 is 0. The van der Waals surface area contributed by atoms with Crippen LogP contribution in [0.4, 0.5) is 0 Å². The average Bonchev–Trinajstić information content (AvgIpc) is 3.10. The summed E-state index contributed by atoms with van der Waals surface area (Å²) in [5, 5.41) is 10.1. The molecule has 0 aromatic rings. The Morgan fingerprint density at radius 2 is 1.76 bits per heavy atom. The minimum atomic E-state index is -0.545. The lowest BCUT2D eigenvalue weighted by molar-refractivity contribution is -0.195. The van der Waals surface area contributed by atoms with Crippen LogP contribution in [0.1, 0.15) is 78.1 Å². The van der Waals surface area contributed by atoms with E-state index in [-0.39, 0.29) is 16.4 Å². The van der Waals surface area contributed by atoms with Crippen molar-refractivity contribution in [3.05, 3.63) is 11.6 Å². The first-order chi connectivity index (χ1) is 11.9. The van der Waals surface area contributed by atoms with Gasteiger partial charge in [0, 0.05) is 12.8 Å². The molecule has 5 aliphatic rings. The second kappa shape index (κ2) is 5.19. The SMILES string of the molecule is C[C@]12CCC(=O)C=C1CC[C@H]1[C@H]3CC[C@@]4(CC[C@H](O)O4)[C@]3(C)CC[C@@H]12. The number of hydrogen-bond acceptors (Lipinski definition) is 3. The molecule has 0 unspecified atom stereocenters. The second-order valence-corrected chi connectivity index (χ2v) is 10.1. The van der Waals surface area contributed by atoms with Crippen molar-refractivity contribution >= 4 is 5.78 Å². The summed E-state index contributed by atoms with van der Waals surface area (Å²) in [6.07, 6.45) is 12.3. The summed E-state index contributed by atoms with van der Waals surface area (Å²) in [4.78, 5) is 11.9. The summed E-state index contributed by atoms with van der Waals surface area (Å²) in [5.74, 6) is 2.59. The Hall–Kier alpha value is -0.670. The Morgan fingerprint density at radius 1 is 1.00 bits per heavy atom. The lowest BCUT2D eigenvalue weighted by Gasteiger charge is -2.59. The van der Waals surface area contributed by atoms with E-state index in [0.29, 0.717) is 5.78 Å². The molecule has 0 aromatic carbocycles. The Bertz CT molecular complexity index is 639. The van der Waals surface area contributed by atoms with Gasteiger partial charge in [-0.1, -0.05) is 19.4 Å². The van der Waals surface area contributed by atoms with Crippen LogP contribution < -0.4 is 0 Å². The van der Waals surface area contributed by atoms with E-state index < -0.39 is 6.29 Å². The standard InChI is InChI=1S/C22H32O3/c1-20-9-5-15(23)13-14(20)3-4-16-17(20)6-10-21(2)18(16)7-11-22(21)12-8-19(24)25-22/h13,16-19,24H,3-12H2,1-2H3/t16-,17+,18-,19-,20+,21-,22-/m1/s1. The van der Waals surface area contributed by atoms with E-state index >= 15 is 0 Å². The van der Waals surface area contributed by atoms with E-state index in [2.05, 4.69) is 13.8 Å². The molecule has 3 heteroatoms. The van der Waals surface area contributed by atoms with Crippen LogP contribution >= 0.6 is 0 Å². The number of allylic oxidation sites excluding steroid dienone is 1. The van der Waals surface area contributed by atoms with E-state index in [1.54, 1.807) is 0 Å². The van der Waals surface area contributed by atoms with Crippen molar-refractivity contribution in [2.45, 2.75) is 89.9 Å². The van der Waals surface area contributed by atoms with Gasteiger partial charge in [-0.05, 0) is 86.0 Å². The molecule has 1 spiro atoms. The van der Waals surface area contributed by atoms with Crippen molar-refractivity contribution in [3.8, 4) is 0 Å². The molecule has 4 aliphatic carbocycles. The fourth-order valence-corrected chi connectivity index (χ4v) is 7.99. The highest BCUT2D eigenvalue weighted by molar-refractivity contribution is 5.91.